The van der Waals surface area contributed by atoms with E-state index in [-0.39, 0.29) is 17.6 Å². The maximum Gasteiger partial charge on any atom is 0.229 e. The van der Waals surface area contributed by atoms with E-state index in [0.29, 0.717) is 17.6 Å². The van der Waals surface area contributed by atoms with Crippen molar-refractivity contribution < 1.29 is 9.90 Å². The van der Waals surface area contributed by atoms with E-state index in [2.05, 4.69) is 25.5 Å². The molecule has 0 saturated carbocycles. The number of phenols is 1. The highest BCUT2D eigenvalue weighted by atomic mass is 16.3. The van der Waals surface area contributed by atoms with Crippen LogP contribution in [-0.2, 0) is 11.3 Å². The molecule has 8 nitrogen and oxygen atoms in total. The Bertz CT molecular complexity index is 1040. The summed E-state index contributed by atoms with van der Waals surface area (Å²) < 4.78 is 1.89. The number of anilines is 1. The molecule has 2 bridgehead atoms. The van der Waals surface area contributed by atoms with Gasteiger partial charge >= 0.3 is 0 Å². The second kappa shape index (κ2) is 7.87. The van der Waals surface area contributed by atoms with Gasteiger partial charge in [0.2, 0.25) is 5.91 Å². The van der Waals surface area contributed by atoms with Gasteiger partial charge in [-0.25, -0.2) is 0 Å². The summed E-state index contributed by atoms with van der Waals surface area (Å²) in [5.74, 6) is 0.514. The van der Waals surface area contributed by atoms with Crippen LogP contribution in [0.5, 0.6) is 5.75 Å². The van der Waals surface area contributed by atoms with Crippen LogP contribution in [0.25, 0.3) is 11.4 Å². The number of piperidine rings is 3. The number of carbonyl (C=O) groups excluding carboxylic acids is 1. The van der Waals surface area contributed by atoms with Crippen LogP contribution in [0.4, 0.5) is 5.69 Å². The number of benzene rings is 1. The zero-order valence-electron chi connectivity index (χ0n) is 16.6. The van der Waals surface area contributed by atoms with Gasteiger partial charge in [0.05, 0.1) is 24.4 Å². The highest BCUT2D eigenvalue weighted by Crippen LogP contribution is 2.37. The summed E-state index contributed by atoms with van der Waals surface area (Å²) in [4.78, 5) is 19.6. The van der Waals surface area contributed by atoms with Crippen molar-refractivity contribution in [1.29, 1.82) is 0 Å². The quantitative estimate of drug-likeness (QED) is 0.678. The molecule has 1 aromatic carbocycles. The highest BCUT2D eigenvalue weighted by Gasteiger charge is 2.43. The molecule has 6 rings (SSSR count). The van der Waals surface area contributed by atoms with Gasteiger partial charge in [0, 0.05) is 30.5 Å². The van der Waals surface area contributed by atoms with Crippen LogP contribution in [0.3, 0.4) is 0 Å². The summed E-state index contributed by atoms with van der Waals surface area (Å²) in [6, 6.07) is 12.8. The van der Waals surface area contributed by atoms with Crippen molar-refractivity contribution >= 4 is 11.6 Å². The standard InChI is InChI=1S/C22H24N6O2/c29-18-5-3-4-16(11-18)24-22(30)19-13-27-9-7-15(19)10-17(27)12-28-14-21(25-26-28)20-6-1-2-8-23-20/h1-6,8,11,14-15,17,19,29H,7,9-10,12-13H2,(H,24,30)/t15?,17-,19+/m1/s1. The molecule has 5 heterocycles. The minimum Gasteiger partial charge on any atom is -0.508 e. The van der Waals surface area contributed by atoms with E-state index >= 15 is 0 Å². The van der Waals surface area contributed by atoms with Crippen LogP contribution in [0, 0.1) is 11.8 Å². The molecule has 2 aromatic heterocycles. The fourth-order valence-corrected chi connectivity index (χ4v) is 4.68. The Hall–Kier alpha value is -3.26. The Morgan fingerprint density at radius 1 is 1.20 bits per heavy atom. The van der Waals surface area contributed by atoms with Crippen LogP contribution in [0.1, 0.15) is 12.8 Å². The minimum absolute atomic E-state index is 0.0304. The molecule has 3 aromatic rings. The molecule has 8 heteroatoms. The predicted molar refractivity (Wildman–Crippen MR) is 112 cm³/mol. The molecular weight excluding hydrogens is 380 g/mol. The number of hydrogen-bond acceptors (Lipinski definition) is 6. The van der Waals surface area contributed by atoms with Crippen molar-refractivity contribution in [2.75, 3.05) is 18.4 Å². The van der Waals surface area contributed by atoms with Gasteiger partial charge in [0.15, 0.2) is 0 Å². The Balaban J connectivity index is 1.23. The number of aromatic nitrogens is 4. The van der Waals surface area contributed by atoms with Crippen LogP contribution in [0.2, 0.25) is 0 Å². The van der Waals surface area contributed by atoms with E-state index in [1.165, 1.54) is 0 Å². The molecule has 2 unspecified atom stereocenters. The van der Waals surface area contributed by atoms with Gasteiger partial charge in [-0.05, 0) is 49.6 Å². The number of phenolic OH excluding ortho intramolecular Hbond substituents is 1. The van der Waals surface area contributed by atoms with Gasteiger partial charge in [0.25, 0.3) is 0 Å². The third-order valence-electron chi connectivity index (χ3n) is 6.19. The summed E-state index contributed by atoms with van der Waals surface area (Å²) in [6.07, 6.45) is 5.70. The van der Waals surface area contributed by atoms with Crippen molar-refractivity contribution in [2.45, 2.75) is 25.4 Å². The van der Waals surface area contributed by atoms with Gasteiger partial charge in [-0.1, -0.05) is 17.3 Å². The van der Waals surface area contributed by atoms with Crippen LogP contribution >= 0.6 is 0 Å². The largest absolute Gasteiger partial charge is 0.508 e. The second-order valence-corrected chi connectivity index (χ2v) is 8.12. The Morgan fingerprint density at radius 3 is 2.90 bits per heavy atom. The summed E-state index contributed by atoms with van der Waals surface area (Å²) in [6.45, 7) is 2.52. The number of amides is 1. The molecular formula is C22H24N6O2. The van der Waals surface area contributed by atoms with Gasteiger partial charge in [0.1, 0.15) is 11.4 Å². The molecule has 3 fully saturated rings. The predicted octanol–water partition coefficient (Wildman–Crippen LogP) is 2.39. The maximum absolute atomic E-state index is 12.8. The number of nitrogens with zero attached hydrogens (tertiary/aromatic N) is 5. The maximum atomic E-state index is 12.8. The number of nitrogens with one attached hydrogen (secondary N) is 1. The molecule has 2 N–H and O–H groups in total. The number of rotatable bonds is 5. The SMILES string of the molecule is O=C(Nc1cccc(O)c1)[C@H]1CN2CCC1C[C@@H]2Cn1cc(-c2ccccn2)nn1. The van der Waals surface area contributed by atoms with E-state index < -0.39 is 0 Å². The fourth-order valence-electron chi connectivity index (χ4n) is 4.68. The minimum atomic E-state index is -0.0304. The van der Waals surface area contributed by atoms with E-state index in [1.807, 2.05) is 29.1 Å². The molecule has 4 atom stereocenters. The third-order valence-corrected chi connectivity index (χ3v) is 6.19. The van der Waals surface area contributed by atoms with Crippen molar-refractivity contribution in [2.24, 2.45) is 11.8 Å². The zero-order chi connectivity index (χ0) is 20.5. The van der Waals surface area contributed by atoms with Gasteiger partial charge in [-0.15, -0.1) is 5.10 Å². The smallest absolute Gasteiger partial charge is 0.229 e. The number of carbonyl (C=O) groups is 1. The first-order chi connectivity index (χ1) is 14.7. The van der Waals surface area contributed by atoms with E-state index in [1.54, 1.807) is 30.5 Å². The number of aromatic hydroxyl groups is 1. The molecule has 3 aliphatic heterocycles. The Kier molecular flexibility index (Phi) is 4.92. The normalized spacial score (nSPS) is 25.2. The Labute approximate surface area is 174 Å². The third kappa shape index (κ3) is 3.78. The second-order valence-electron chi connectivity index (χ2n) is 8.12. The molecule has 0 spiro atoms. The van der Waals surface area contributed by atoms with E-state index in [4.69, 9.17) is 0 Å². The topological polar surface area (TPSA) is 96.2 Å². The first-order valence-corrected chi connectivity index (χ1v) is 10.3. The lowest BCUT2D eigenvalue weighted by Gasteiger charge is -2.49. The molecule has 0 radical (unpaired) electrons. The summed E-state index contributed by atoms with van der Waals surface area (Å²) in [7, 11) is 0. The van der Waals surface area contributed by atoms with Crippen molar-refractivity contribution in [3.8, 4) is 17.1 Å². The fraction of sp³-hybridized carbons (Fsp3) is 0.364. The average Bonchev–Trinajstić information content (AvgIpc) is 3.23. The molecule has 30 heavy (non-hydrogen) atoms. The first-order valence-electron chi connectivity index (χ1n) is 10.3. The lowest BCUT2D eigenvalue weighted by atomic mass is 9.75. The number of pyridine rings is 1. The first kappa shape index (κ1) is 18.7. The van der Waals surface area contributed by atoms with Crippen molar-refractivity contribution in [3.63, 3.8) is 0 Å². The molecule has 3 saturated heterocycles. The highest BCUT2D eigenvalue weighted by molar-refractivity contribution is 5.93. The van der Waals surface area contributed by atoms with Gasteiger partial charge < -0.3 is 10.4 Å². The molecule has 0 aliphatic carbocycles. The van der Waals surface area contributed by atoms with Crippen molar-refractivity contribution in [1.82, 2.24) is 24.9 Å². The molecule has 3 aliphatic rings. The number of hydrogen-bond donors (Lipinski definition) is 2. The summed E-state index contributed by atoms with van der Waals surface area (Å²) >= 11 is 0. The van der Waals surface area contributed by atoms with E-state index in [9.17, 15) is 9.90 Å². The number of fused-ring (bicyclic) bond motifs is 3. The average molecular weight is 404 g/mol. The van der Waals surface area contributed by atoms with Crippen molar-refractivity contribution in [3.05, 3.63) is 54.9 Å². The molecule has 1 amide bonds. The lowest BCUT2D eigenvalue weighted by Crippen LogP contribution is -2.57. The monoisotopic (exact) mass is 404 g/mol. The lowest BCUT2D eigenvalue weighted by molar-refractivity contribution is -0.127. The summed E-state index contributed by atoms with van der Waals surface area (Å²) in [5.41, 5.74) is 2.23. The van der Waals surface area contributed by atoms with Crippen LogP contribution in [-0.4, -0.2) is 55.0 Å². The Morgan fingerprint density at radius 2 is 2.13 bits per heavy atom. The molecule has 154 valence electrons. The van der Waals surface area contributed by atoms with E-state index in [0.717, 1.165) is 43.9 Å². The van der Waals surface area contributed by atoms with Crippen LogP contribution in [0.15, 0.2) is 54.9 Å². The van der Waals surface area contributed by atoms with Crippen LogP contribution < -0.4 is 5.32 Å². The zero-order valence-corrected chi connectivity index (χ0v) is 16.6. The van der Waals surface area contributed by atoms with Gasteiger partial charge in [-0.2, -0.15) is 0 Å². The summed E-state index contributed by atoms with van der Waals surface area (Å²) in [5, 5.41) is 21.1. The van der Waals surface area contributed by atoms with Gasteiger partial charge in [-0.3, -0.25) is 19.4 Å².